The summed E-state index contributed by atoms with van der Waals surface area (Å²) in [6, 6.07) is 10.8. The molecule has 0 radical (unpaired) electrons. The van der Waals surface area contributed by atoms with Crippen LogP contribution in [0.3, 0.4) is 0 Å². The molecule has 27 heavy (non-hydrogen) atoms. The minimum Gasteiger partial charge on any atom is -0.493 e. The van der Waals surface area contributed by atoms with Crippen LogP contribution < -0.4 is 4.74 Å². The maximum atomic E-state index is 11.9. The monoisotopic (exact) mass is 369 g/mol. The van der Waals surface area contributed by atoms with Gasteiger partial charge < -0.3 is 9.47 Å². The normalized spacial score (nSPS) is 10.6. The fourth-order valence-electron chi connectivity index (χ4n) is 2.28. The molecule has 0 fully saturated rings. The molecule has 0 spiro atoms. The number of nitrogens with zero attached hydrogens (tertiary/aromatic N) is 1. The number of benzene rings is 2. The lowest BCUT2D eigenvalue weighted by Gasteiger charge is -2.11. The smallest absolute Gasteiger partial charge is 0.331 e. The molecule has 0 aliphatic rings. The van der Waals surface area contributed by atoms with Gasteiger partial charge in [-0.25, -0.2) is 4.79 Å². The van der Waals surface area contributed by atoms with Crippen LogP contribution in [0.4, 0.5) is 5.69 Å². The summed E-state index contributed by atoms with van der Waals surface area (Å²) in [6.45, 7) is 3.69. The van der Waals surface area contributed by atoms with E-state index < -0.39 is 10.9 Å². The number of ether oxygens (including phenoxy) is 2. The Hall–Kier alpha value is -3.48. The van der Waals surface area contributed by atoms with Gasteiger partial charge in [-0.3, -0.25) is 14.9 Å². The Balaban J connectivity index is 2.02. The summed E-state index contributed by atoms with van der Waals surface area (Å²) >= 11 is 0. The van der Waals surface area contributed by atoms with Crippen LogP contribution in [0.25, 0.3) is 6.08 Å². The molecule has 0 atom stereocenters. The molecule has 7 nitrogen and oxygen atoms in total. The number of carbonyl (C=O) groups excluding carboxylic acids is 2. The molecule has 0 saturated heterocycles. The Morgan fingerprint density at radius 1 is 1.15 bits per heavy atom. The zero-order valence-electron chi connectivity index (χ0n) is 15.0. The molecule has 140 valence electrons. The number of non-ortho nitro benzene ring substituents is 1. The van der Waals surface area contributed by atoms with E-state index in [1.165, 1.54) is 43.3 Å². The van der Waals surface area contributed by atoms with Crippen LogP contribution in [-0.2, 0) is 16.1 Å². The molecule has 2 rings (SSSR count). The fourth-order valence-corrected chi connectivity index (χ4v) is 2.28. The fraction of sp³-hybridized carbons (Fsp3) is 0.200. The molecular weight excluding hydrogens is 350 g/mol. The predicted molar refractivity (Wildman–Crippen MR) is 99.5 cm³/mol. The lowest BCUT2D eigenvalue weighted by molar-refractivity contribution is -0.384. The largest absolute Gasteiger partial charge is 0.493 e. The first kappa shape index (κ1) is 19.8. The third-order valence-corrected chi connectivity index (χ3v) is 3.65. The summed E-state index contributed by atoms with van der Waals surface area (Å²) in [4.78, 5) is 33.6. The Bertz CT molecular complexity index is 871. The minimum atomic E-state index is -0.580. The van der Waals surface area contributed by atoms with E-state index in [4.69, 9.17) is 9.47 Å². The van der Waals surface area contributed by atoms with E-state index >= 15 is 0 Å². The molecule has 7 heteroatoms. The maximum absolute atomic E-state index is 11.9. The van der Waals surface area contributed by atoms with Crippen molar-refractivity contribution in [3.05, 3.63) is 75.3 Å². The van der Waals surface area contributed by atoms with Crippen LogP contribution >= 0.6 is 0 Å². The van der Waals surface area contributed by atoms with Crippen molar-refractivity contribution in [3.8, 4) is 5.75 Å². The zero-order valence-corrected chi connectivity index (χ0v) is 15.0. The van der Waals surface area contributed by atoms with Gasteiger partial charge in [0.2, 0.25) is 0 Å². The van der Waals surface area contributed by atoms with E-state index in [0.717, 1.165) is 0 Å². The Morgan fingerprint density at radius 3 is 2.44 bits per heavy atom. The van der Waals surface area contributed by atoms with E-state index in [9.17, 15) is 19.7 Å². The molecule has 2 aromatic rings. The van der Waals surface area contributed by atoms with Gasteiger partial charge in [-0.1, -0.05) is 0 Å². The average Bonchev–Trinajstić information content (AvgIpc) is 2.65. The second-order valence-electron chi connectivity index (χ2n) is 5.60. The molecule has 0 amide bonds. The van der Waals surface area contributed by atoms with E-state index in [1.807, 2.05) is 6.92 Å². The van der Waals surface area contributed by atoms with Crippen molar-refractivity contribution in [2.45, 2.75) is 20.5 Å². The van der Waals surface area contributed by atoms with Crippen molar-refractivity contribution in [2.24, 2.45) is 0 Å². The first-order valence-electron chi connectivity index (χ1n) is 8.26. The summed E-state index contributed by atoms with van der Waals surface area (Å²) in [5.74, 6) is -0.123. The number of carbonyl (C=O) groups is 2. The molecule has 0 aliphatic carbocycles. The number of hydrogen-bond acceptors (Lipinski definition) is 6. The number of Topliss-reactive ketones (excluding diaryl/α,β-unsaturated/α-hetero) is 1. The van der Waals surface area contributed by atoms with Crippen molar-refractivity contribution in [3.63, 3.8) is 0 Å². The van der Waals surface area contributed by atoms with Gasteiger partial charge >= 0.3 is 5.97 Å². The SMILES string of the molecule is CCOc1ccc(C(C)=O)cc1COC(=O)/C=C/c1ccc([N+](=O)[O-])cc1. The molecule has 0 aromatic heterocycles. The van der Waals surface area contributed by atoms with Crippen LogP contribution in [0.5, 0.6) is 5.75 Å². The van der Waals surface area contributed by atoms with E-state index in [-0.39, 0.29) is 18.1 Å². The number of esters is 1. The highest BCUT2D eigenvalue weighted by Crippen LogP contribution is 2.22. The predicted octanol–water partition coefficient (Wildman–Crippen LogP) is 3.95. The van der Waals surface area contributed by atoms with Crippen LogP contribution in [0.15, 0.2) is 48.5 Å². The average molecular weight is 369 g/mol. The second-order valence-corrected chi connectivity index (χ2v) is 5.60. The number of nitro benzene ring substituents is 1. The lowest BCUT2D eigenvalue weighted by Crippen LogP contribution is -2.05. The van der Waals surface area contributed by atoms with Gasteiger partial charge in [0.1, 0.15) is 12.4 Å². The number of rotatable bonds is 8. The van der Waals surface area contributed by atoms with Crippen LogP contribution in [-0.4, -0.2) is 23.3 Å². The van der Waals surface area contributed by atoms with Crippen LogP contribution in [0.1, 0.15) is 35.3 Å². The van der Waals surface area contributed by atoms with E-state index in [0.29, 0.717) is 29.0 Å². The molecule has 0 bridgehead atoms. The highest BCUT2D eigenvalue weighted by Gasteiger charge is 2.10. The summed E-state index contributed by atoms with van der Waals surface area (Å²) in [5, 5.41) is 10.6. The molecule has 0 unspecified atom stereocenters. The molecule has 0 heterocycles. The van der Waals surface area contributed by atoms with Crippen molar-refractivity contribution in [2.75, 3.05) is 6.61 Å². The van der Waals surface area contributed by atoms with Crippen LogP contribution in [0, 0.1) is 10.1 Å². The first-order valence-corrected chi connectivity index (χ1v) is 8.26. The second kappa shape index (κ2) is 9.28. The summed E-state index contributed by atoms with van der Waals surface area (Å²) in [7, 11) is 0. The lowest BCUT2D eigenvalue weighted by atomic mass is 10.1. The van der Waals surface area contributed by atoms with Gasteiger partial charge in [0.25, 0.3) is 5.69 Å². The van der Waals surface area contributed by atoms with Crippen LogP contribution in [0.2, 0.25) is 0 Å². The number of ketones is 1. The molecular formula is C20H19NO6. The number of nitro groups is 1. The molecule has 0 N–H and O–H groups in total. The highest BCUT2D eigenvalue weighted by atomic mass is 16.6. The van der Waals surface area contributed by atoms with Gasteiger partial charge in [-0.2, -0.15) is 0 Å². The van der Waals surface area contributed by atoms with Gasteiger partial charge in [0.05, 0.1) is 11.5 Å². The van der Waals surface area contributed by atoms with Gasteiger partial charge in [-0.15, -0.1) is 0 Å². The van der Waals surface area contributed by atoms with Gasteiger partial charge in [-0.05, 0) is 55.8 Å². The Labute approximate surface area is 156 Å². The van der Waals surface area contributed by atoms with Gasteiger partial charge in [0.15, 0.2) is 5.78 Å². The molecule has 2 aromatic carbocycles. The Kier molecular flexibility index (Phi) is 6.82. The molecule has 0 saturated carbocycles. The van der Waals surface area contributed by atoms with Crippen molar-refractivity contribution in [1.29, 1.82) is 0 Å². The standard InChI is InChI=1S/C20H19NO6/c1-3-26-19-10-7-16(14(2)22)12-17(19)13-27-20(23)11-6-15-4-8-18(9-5-15)21(24)25/h4-12H,3,13H2,1-2H3/b11-6+. The summed E-state index contributed by atoms with van der Waals surface area (Å²) < 4.78 is 10.7. The molecule has 0 aliphatic heterocycles. The topological polar surface area (TPSA) is 95.7 Å². The summed E-state index contributed by atoms with van der Waals surface area (Å²) in [6.07, 6.45) is 2.73. The van der Waals surface area contributed by atoms with Crippen molar-refractivity contribution < 1.29 is 24.0 Å². The first-order chi connectivity index (χ1) is 12.9. The quantitative estimate of drug-likeness (QED) is 0.230. The van der Waals surface area contributed by atoms with E-state index in [1.54, 1.807) is 18.2 Å². The van der Waals surface area contributed by atoms with Crippen molar-refractivity contribution in [1.82, 2.24) is 0 Å². The third-order valence-electron chi connectivity index (χ3n) is 3.65. The Morgan fingerprint density at radius 2 is 1.85 bits per heavy atom. The van der Waals surface area contributed by atoms with Gasteiger partial charge in [0, 0.05) is 29.3 Å². The third kappa shape index (κ3) is 5.78. The van der Waals surface area contributed by atoms with E-state index in [2.05, 4.69) is 0 Å². The number of hydrogen-bond donors (Lipinski definition) is 0. The zero-order chi connectivity index (χ0) is 19.8. The maximum Gasteiger partial charge on any atom is 0.331 e. The summed E-state index contributed by atoms with van der Waals surface area (Å²) in [5.41, 5.74) is 1.71. The highest BCUT2D eigenvalue weighted by molar-refractivity contribution is 5.94. The van der Waals surface area contributed by atoms with Crippen molar-refractivity contribution >= 4 is 23.5 Å². The minimum absolute atomic E-state index is 0.0245.